The van der Waals surface area contributed by atoms with E-state index in [2.05, 4.69) is 17.1 Å². The summed E-state index contributed by atoms with van der Waals surface area (Å²) in [6.07, 6.45) is 13.8. The third-order valence-electron chi connectivity index (χ3n) is 3.82. The molecular weight excluding hydrogens is 264 g/mol. The molecule has 21 heavy (non-hydrogen) atoms. The van der Waals surface area contributed by atoms with Gasteiger partial charge < -0.3 is 5.73 Å². The van der Waals surface area contributed by atoms with Crippen molar-refractivity contribution >= 4 is 11.9 Å². The van der Waals surface area contributed by atoms with Crippen LogP contribution >= 0.6 is 0 Å². The zero-order valence-corrected chi connectivity index (χ0v) is 13.6. The summed E-state index contributed by atoms with van der Waals surface area (Å²) in [6.45, 7) is 3.74. The van der Waals surface area contributed by atoms with Crippen LogP contribution in [0.5, 0.6) is 0 Å². The minimum absolute atomic E-state index is 0.112. The summed E-state index contributed by atoms with van der Waals surface area (Å²) in [4.78, 5) is 11.4. The van der Waals surface area contributed by atoms with E-state index >= 15 is 0 Å². The number of rotatable bonds is 11. The van der Waals surface area contributed by atoms with Crippen LogP contribution in [0.3, 0.4) is 0 Å². The summed E-state index contributed by atoms with van der Waals surface area (Å²) in [7, 11) is 0. The summed E-state index contributed by atoms with van der Waals surface area (Å²) in [6, 6.07) is 0. The van der Waals surface area contributed by atoms with Crippen LogP contribution in [0, 0.1) is 0 Å². The van der Waals surface area contributed by atoms with Crippen molar-refractivity contribution < 1.29 is 4.79 Å². The lowest BCUT2D eigenvalue weighted by molar-refractivity contribution is 0.0935. The smallest absolute Gasteiger partial charge is 0.231 e. The fourth-order valence-corrected chi connectivity index (χ4v) is 2.61. The summed E-state index contributed by atoms with van der Waals surface area (Å²) < 4.78 is 1.41. The van der Waals surface area contributed by atoms with Crippen molar-refractivity contribution in [2.24, 2.45) is 0 Å². The Labute approximate surface area is 128 Å². The molecule has 0 bridgehead atoms. The third-order valence-corrected chi connectivity index (χ3v) is 3.82. The molecule has 0 saturated heterocycles. The number of aryl methyl sites for hydroxylation is 1. The Morgan fingerprint density at radius 2 is 1.48 bits per heavy atom. The van der Waals surface area contributed by atoms with Crippen molar-refractivity contribution in [2.45, 2.75) is 84.5 Å². The van der Waals surface area contributed by atoms with E-state index in [9.17, 15) is 4.79 Å². The quantitative estimate of drug-likeness (QED) is 0.626. The Kier molecular flexibility index (Phi) is 8.71. The van der Waals surface area contributed by atoms with E-state index in [4.69, 9.17) is 5.73 Å². The van der Waals surface area contributed by atoms with Gasteiger partial charge in [0.2, 0.25) is 11.9 Å². The molecule has 0 radical (unpaired) electrons. The first-order chi connectivity index (χ1) is 10.2. The molecule has 1 heterocycles. The molecule has 0 fully saturated rings. The predicted octanol–water partition coefficient (Wildman–Crippen LogP) is 3.98. The lowest BCUT2D eigenvalue weighted by Gasteiger charge is -2.04. The van der Waals surface area contributed by atoms with Gasteiger partial charge in [0.05, 0.1) is 0 Å². The Hall–Kier alpha value is -1.39. The van der Waals surface area contributed by atoms with Crippen LogP contribution in [0.25, 0.3) is 0 Å². The monoisotopic (exact) mass is 294 g/mol. The molecule has 0 amide bonds. The molecule has 5 nitrogen and oxygen atoms in total. The molecule has 1 rings (SSSR count). The highest BCUT2D eigenvalue weighted by atomic mass is 16.2. The van der Waals surface area contributed by atoms with Gasteiger partial charge in [-0.25, -0.2) is 4.57 Å². The summed E-state index contributed by atoms with van der Waals surface area (Å²) >= 11 is 0. The van der Waals surface area contributed by atoms with Crippen LogP contribution in [-0.2, 0) is 6.42 Å². The number of unbranched alkanes of at least 4 members (excludes halogenated alkanes) is 9. The molecule has 0 unspecified atom stereocenters. The number of nitrogens with zero attached hydrogens (tertiary/aromatic N) is 3. The van der Waals surface area contributed by atoms with Gasteiger partial charge in [-0.3, -0.25) is 4.79 Å². The molecule has 0 saturated carbocycles. The maximum Gasteiger partial charge on any atom is 0.231 e. The van der Waals surface area contributed by atoms with E-state index in [1.165, 1.54) is 69.3 Å². The van der Waals surface area contributed by atoms with Gasteiger partial charge in [0.15, 0.2) is 0 Å². The van der Waals surface area contributed by atoms with Gasteiger partial charge in [-0.05, 0) is 6.42 Å². The third kappa shape index (κ3) is 6.74. The normalized spacial score (nSPS) is 11.0. The Bertz CT molecular complexity index is 414. The zero-order valence-electron chi connectivity index (χ0n) is 13.6. The Morgan fingerprint density at radius 3 is 2.00 bits per heavy atom. The van der Waals surface area contributed by atoms with Gasteiger partial charge in [0.25, 0.3) is 0 Å². The first kappa shape index (κ1) is 17.7. The van der Waals surface area contributed by atoms with E-state index in [1.54, 1.807) is 0 Å². The van der Waals surface area contributed by atoms with E-state index in [-0.39, 0.29) is 11.9 Å². The van der Waals surface area contributed by atoms with Crippen molar-refractivity contribution in [3.05, 3.63) is 5.82 Å². The maximum absolute atomic E-state index is 11.4. The molecular formula is C16H30N4O. The highest BCUT2D eigenvalue weighted by Gasteiger charge is 2.12. The van der Waals surface area contributed by atoms with Crippen LogP contribution in [0.4, 0.5) is 5.95 Å². The van der Waals surface area contributed by atoms with Gasteiger partial charge in [-0.1, -0.05) is 64.7 Å². The molecule has 1 aromatic rings. The van der Waals surface area contributed by atoms with Crippen LogP contribution in [-0.4, -0.2) is 20.7 Å². The fourth-order valence-electron chi connectivity index (χ4n) is 2.61. The first-order valence-electron chi connectivity index (χ1n) is 8.37. The number of anilines is 1. The largest absolute Gasteiger partial charge is 0.368 e. The first-order valence-corrected chi connectivity index (χ1v) is 8.37. The van der Waals surface area contributed by atoms with Crippen LogP contribution in [0.1, 0.15) is 88.7 Å². The molecule has 5 heteroatoms. The summed E-state index contributed by atoms with van der Waals surface area (Å²) in [5.74, 6) is 0.781. The van der Waals surface area contributed by atoms with Crippen LogP contribution < -0.4 is 5.73 Å². The van der Waals surface area contributed by atoms with Gasteiger partial charge in [0.1, 0.15) is 5.82 Å². The van der Waals surface area contributed by atoms with Crippen molar-refractivity contribution in [3.63, 3.8) is 0 Å². The molecule has 0 aromatic carbocycles. The van der Waals surface area contributed by atoms with Crippen molar-refractivity contribution in [3.8, 4) is 0 Å². The van der Waals surface area contributed by atoms with Crippen molar-refractivity contribution in [1.82, 2.24) is 14.8 Å². The van der Waals surface area contributed by atoms with E-state index in [0.29, 0.717) is 5.82 Å². The molecule has 2 N–H and O–H groups in total. The van der Waals surface area contributed by atoms with Gasteiger partial charge in [-0.2, -0.15) is 0 Å². The van der Waals surface area contributed by atoms with Crippen LogP contribution in [0.2, 0.25) is 0 Å². The molecule has 0 aliphatic carbocycles. The number of nitrogens with two attached hydrogens (primary N) is 1. The van der Waals surface area contributed by atoms with E-state index < -0.39 is 0 Å². The number of hydrogen-bond acceptors (Lipinski definition) is 4. The standard InChI is InChI=1S/C16H30N4O/c1-3-4-5-6-7-8-9-10-11-12-13-15-18-19-16(17)20(15)14(2)21/h3-13H2,1-2H3,(H2,17,19). The lowest BCUT2D eigenvalue weighted by Crippen LogP contribution is -2.13. The van der Waals surface area contributed by atoms with E-state index in [0.717, 1.165) is 12.8 Å². The van der Waals surface area contributed by atoms with Crippen molar-refractivity contribution in [1.29, 1.82) is 0 Å². The second-order valence-corrected chi connectivity index (χ2v) is 5.76. The maximum atomic E-state index is 11.4. The summed E-state index contributed by atoms with van der Waals surface area (Å²) in [5.41, 5.74) is 5.63. The number of carbonyl (C=O) groups excluding carboxylic acids is 1. The number of aromatic nitrogens is 3. The Morgan fingerprint density at radius 1 is 0.952 bits per heavy atom. The topological polar surface area (TPSA) is 73.8 Å². The number of nitrogen functional groups attached to an aromatic ring is 1. The van der Waals surface area contributed by atoms with Crippen LogP contribution in [0.15, 0.2) is 0 Å². The Balaban J connectivity index is 2.06. The average Bonchev–Trinajstić information content (AvgIpc) is 2.82. The number of hydrogen-bond donors (Lipinski definition) is 1. The van der Waals surface area contributed by atoms with E-state index in [1.807, 2.05) is 0 Å². The molecule has 0 spiro atoms. The minimum Gasteiger partial charge on any atom is -0.368 e. The summed E-state index contributed by atoms with van der Waals surface area (Å²) in [5, 5.41) is 7.75. The second kappa shape index (κ2) is 10.4. The lowest BCUT2D eigenvalue weighted by atomic mass is 10.1. The zero-order chi connectivity index (χ0) is 15.5. The molecule has 0 aliphatic rings. The average molecular weight is 294 g/mol. The highest BCUT2D eigenvalue weighted by molar-refractivity contribution is 5.79. The molecule has 1 aromatic heterocycles. The van der Waals surface area contributed by atoms with Crippen molar-refractivity contribution in [2.75, 3.05) is 5.73 Å². The van der Waals surface area contributed by atoms with Gasteiger partial charge in [-0.15, -0.1) is 10.2 Å². The SMILES string of the molecule is CCCCCCCCCCCCc1nnc(N)n1C(C)=O. The molecule has 0 atom stereocenters. The highest BCUT2D eigenvalue weighted by Crippen LogP contribution is 2.12. The van der Waals surface area contributed by atoms with Gasteiger partial charge in [0, 0.05) is 13.3 Å². The number of carbonyl (C=O) groups is 1. The molecule has 120 valence electrons. The second-order valence-electron chi connectivity index (χ2n) is 5.76. The minimum atomic E-state index is -0.112. The molecule has 0 aliphatic heterocycles. The van der Waals surface area contributed by atoms with Gasteiger partial charge >= 0.3 is 0 Å². The predicted molar refractivity (Wildman–Crippen MR) is 86.3 cm³/mol. The fraction of sp³-hybridized carbons (Fsp3) is 0.812.